The number of hydrogen-bond donors (Lipinski definition) is 0. The monoisotopic (exact) mass is 352 g/mol. The Morgan fingerprint density at radius 1 is 1.08 bits per heavy atom. The molecule has 2 aromatic rings. The minimum Gasteiger partial charge on any atom is -0.312 e. The molecule has 138 valence electrons. The molecule has 5 nitrogen and oxygen atoms in total. The van der Waals surface area contributed by atoms with Crippen molar-refractivity contribution in [1.82, 2.24) is 14.7 Å². The summed E-state index contributed by atoms with van der Waals surface area (Å²) in [5.74, 6) is 0.339. The lowest BCUT2D eigenvalue weighted by Crippen LogP contribution is -2.53. The predicted octanol–water partition coefficient (Wildman–Crippen LogP) is 3.14. The highest BCUT2D eigenvalue weighted by Crippen LogP contribution is 2.42. The summed E-state index contributed by atoms with van der Waals surface area (Å²) in [4.78, 5) is 17.8. The number of nitrogens with zero attached hydrogens (tertiary/aromatic N) is 4. The largest absolute Gasteiger partial charge is 0.312 e. The van der Waals surface area contributed by atoms with Gasteiger partial charge in [-0.25, -0.2) is 0 Å². The van der Waals surface area contributed by atoms with Crippen molar-refractivity contribution in [2.24, 2.45) is 12.5 Å². The first-order chi connectivity index (χ1) is 12.6. The van der Waals surface area contributed by atoms with Crippen LogP contribution in [0, 0.1) is 12.3 Å². The Labute approximate surface area is 155 Å². The van der Waals surface area contributed by atoms with Crippen LogP contribution < -0.4 is 4.90 Å². The average Bonchev–Trinajstić information content (AvgIpc) is 2.98. The van der Waals surface area contributed by atoms with E-state index in [2.05, 4.69) is 29.1 Å². The fraction of sp³-hybridized carbons (Fsp3) is 0.524. The number of carbonyl (C=O) groups is 1. The lowest BCUT2D eigenvalue weighted by molar-refractivity contribution is -0.133. The van der Waals surface area contributed by atoms with Gasteiger partial charge in [-0.2, -0.15) is 5.10 Å². The maximum Gasteiger partial charge on any atom is 0.233 e. The molecule has 1 spiro atoms. The van der Waals surface area contributed by atoms with Crippen LogP contribution in [-0.2, 0) is 18.4 Å². The molecule has 1 aromatic carbocycles. The van der Waals surface area contributed by atoms with Crippen molar-refractivity contribution in [1.29, 1.82) is 0 Å². The molecule has 0 bridgehead atoms. The number of benzene rings is 1. The number of aromatic nitrogens is 2. The fourth-order valence-electron chi connectivity index (χ4n) is 4.54. The second-order valence-electron chi connectivity index (χ2n) is 7.85. The number of anilines is 1. The molecular formula is C21H28N4O. The molecule has 5 heteroatoms. The quantitative estimate of drug-likeness (QED) is 0.852. The van der Waals surface area contributed by atoms with Gasteiger partial charge in [0.25, 0.3) is 0 Å². The molecule has 1 amide bonds. The van der Waals surface area contributed by atoms with E-state index in [0.29, 0.717) is 5.91 Å². The van der Waals surface area contributed by atoms with Gasteiger partial charge in [-0.05, 0) is 63.4 Å². The highest BCUT2D eigenvalue weighted by atomic mass is 16.2. The highest BCUT2D eigenvalue weighted by Gasteiger charge is 2.45. The van der Waals surface area contributed by atoms with Gasteiger partial charge >= 0.3 is 0 Å². The van der Waals surface area contributed by atoms with Gasteiger partial charge in [0, 0.05) is 25.8 Å². The lowest BCUT2D eigenvalue weighted by Gasteiger charge is -2.46. The van der Waals surface area contributed by atoms with Crippen LogP contribution in [0.3, 0.4) is 0 Å². The molecule has 0 radical (unpaired) electrons. The third-order valence-corrected chi connectivity index (χ3v) is 6.26. The number of aryl methyl sites for hydroxylation is 2. The Morgan fingerprint density at radius 3 is 2.46 bits per heavy atom. The summed E-state index contributed by atoms with van der Waals surface area (Å²) in [5, 5.41) is 4.35. The van der Waals surface area contributed by atoms with E-state index in [1.54, 1.807) is 0 Å². The lowest BCUT2D eigenvalue weighted by atomic mass is 9.71. The molecule has 26 heavy (non-hydrogen) atoms. The topological polar surface area (TPSA) is 41.4 Å². The van der Waals surface area contributed by atoms with Gasteiger partial charge in [0.05, 0.1) is 17.3 Å². The van der Waals surface area contributed by atoms with Crippen molar-refractivity contribution in [3.8, 4) is 0 Å². The maximum absolute atomic E-state index is 13.3. The number of carbonyl (C=O) groups excluding carboxylic acids is 1. The number of rotatable bonds is 3. The van der Waals surface area contributed by atoms with Crippen molar-refractivity contribution < 1.29 is 4.79 Å². The Kier molecular flexibility index (Phi) is 4.57. The summed E-state index contributed by atoms with van der Waals surface area (Å²) < 4.78 is 1.97. The number of likely N-dealkylation sites (tertiary alicyclic amines) is 1. The molecule has 4 rings (SSSR count). The molecule has 2 fully saturated rings. The molecule has 3 heterocycles. The molecule has 1 aromatic heterocycles. The molecule has 0 aliphatic carbocycles. The van der Waals surface area contributed by atoms with Crippen LogP contribution in [0.15, 0.2) is 36.5 Å². The smallest absolute Gasteiger partial charge is 0.233 e. The van der Waals surface area contributed by atoms with E-state index in [0.717, 1.165) is 57.5 Å². The van der Waals surface area contributed by atoms with Crippen molar-refractivity contribution in [2.75, 3.05) is 24.5 Å². The number of para-hydroxylation sites is 1. The van der Waals surface area contributed by atoms with Crippen LogP contribution in [0.25, 0.3) is 0 Å². The van der Waals surface area contributed by atoms with Gasteiger partial charge in [0.2, 0.25) is 5.91 Å². The van der Waals surface area contributed by atoms with Crippen molar-refractivity contribution >= 4 is 11.6 Å². The normalized spacial score (nSPS) is 20.7. The summed E-state index contributed by atoms with van der Waals surface area (Å²) in [6.07, 6.45) is 6.00. The van der Waals surface area contributed by atoms with Gasteiger partial charge in [-0.1, -0.05) is 18.2 Å². The van der Waals surface area contributed by atoms with E-state index in [-0.39, 0.29) is 5.41 Å². The summed E-state index contributed by atoms with van der Waals surface area (Å²) in [7, 11) is 2.01. The Hall–Kier alpha value is -2.14. The van der Waals surface area contributed by atoms with E-state index < -0.39 is 0 Å². The molecule has 2 aliphatic heterocycles. The van der Waals surface area contributed by atoms with Crippen LogP contribution in [0.5, 0.6) is 0 Å². The van der Waals surface area contributed by atoms with Crippen LogP contribution >= 0.6 is 0 Å². The van der Waals surface area contributed by atoms with Crippen molar-refractivity contribution in [3.05, 3.63) is 47.8 Å². The first-order valence-electron chi connectivity index (χ1n) is 9.66. The molecule has 0 saturated carbocycles. The second-order valence-corrected chi connectivity index (χ2v) is 7.85. The van der Waals surface area contributed by atoms with Crippen molar-refractivity contribution in [2.45, 2.75) is 39.2 Å². The van der Waals surface area contributed by atoms with Gasteiger partial charge < -0.3 is 4.90 Å². The Balaban J connectivity index is 1.45. The SMILES string of the molecule is Cc1cnn(C)c1CN1CCC2(CCCN(c3ccccc3)C2=O)CC1. The Bertz CT molecular complexity index is 755. The third-order valence-electron chi connectivity index (χ3n) is 6.26. The predicted molar refractivity (Wildman–Crippen MR) is 103 cm³/mol. The van der Waals surface area contributed by atoms with E-state index in [9.17, 15) is 4.79 Å². The number of hydrogen-bond acceptors (Lipinski definition) is 3. The first-order valence-corrected chi connectivity index (χ1v) is 9.66. The minimum absolute atomic E-state index is 0.161. The second kappa shape index (κ2) is 6.88. The van der Waals surface area contributed by atoms with Crippen LogP contribution in [0.4, 0.5) is 5.69 Å². The number of piperidine rings is 2. The maximum atomic E-state index is 13.3. The van der Waals surface area contributed by atoms with Gasteiger partial charge in [-0.3, -0.25) is 14.4 Å². The minimum atomic E-state index is -0.161. The van der Waals surface area contributed by atoms with Gasteiger partial charge in [0.1, 0.15) is 0 Å². The van der Waals surface area contributed by atoms with Gasteiger partial charge in [0.15, 0.2) is 0 Å². The summed E-state index contributed by atoms with van der Waals surface area (Å²) >= 11 is 0. The standard InChI is InChI=1S/C21H28N4O/c1-17-15-22-23(2)19(17)16-24-13-10-21(11-14-24)9-6-12-25(20(21)26)18-7-4-3-5-8-18/h3-5,7-8,15H,6,9-14,16H2,1-2H3. The molecule has 0 atom stereocenters. The molecule has 0 unspecified atom stereocenters. The highest BCUT2D eigenvalue weighted by molar-refractivity contribution is 5.98. The van der Waals surface area contributed by atoms with Crippen LogP contribution in [0.1, 0.15) is 36.9 Å². The van der Waals surface area contributed by atoms with Crippen LogP contribution in [-0.4, -0.2) is 40.2 Å². The molecule has 2 saturated heterocycles. The van der Waals surface area contributed by atoms with E-state index in [4.69, 9.17) is 0 Å². The Morgan fingerprint density at radius 2 is 1.81 bits per heavy atom. The van der Waals surface area contributed by atoms with E-state index >= 15 is 0 Å². The number of amides is 1. The zero-order valence-corrected chi connectivity index (χ0v) is 15.8. The average molecular weight is 352 g/mol. The van der Waals surface area contributed by atoms with E-state index in [1.807, 2.05) is 41.0 Å². The zero-order chi connectivity index (χ0) is 18.1. The molecule has 0 N–H and O–H groups in total. The van der Waals surface area contributed by atoms with Crippen LogP contribution in [0.2, 0.25) is 0 Å². The van der Waals surface area contributed by atoms with Crippen molar-refractivity contribution in [3.63, 3.8) is 0 Å². The third kappa shape index (κ3) is 3.05. The first kappa shape index (κ1) is 17.3. The molecular weight excluding hydrogens is 324 g/mol. The summed E-state index contributed by atoms with van der Waals surface area (Å²) in [6, 6.07) is 10.1. The fourth-order valence-corrected chi connectivity index (χ4v) is 4.54. The zero-order valence-electron chi connectivity index (χ0n) is 15.8. The summed E-state index contributed by atoms with van der Waals surface area (Å²) in [6.45, 7) is 5.87. The van der Waals surface area contributed by atoms with E-state index in [1.165, 1.54) is 11.3 Å². The van der Waals surface area contributed by atoms with Gasteiger partial charge in [-0.15, -0.1) is 0 Å². The summed E-state index contributed by atoms with van der Waals surface area (Å²) in [5.41, 5.74) is 3.41. The molecule has 2 aliphatic rings.